The second kappa shape index (κ2) is 9.99. The normalized spacial score (nSPS) is 13.9. The maximum atomic E-state index is 12.6. The highest BCUT2D eigenvalue weighted by Gasteiger charge is 2.17. The summed E-state index contributed by atoms with van der Waals surface area (Å²) in [6.07, 6.45) is 0.314. The van der Waals surface area contributed by atoms with Crippen molar-refractivity contribution in [2.24, 2.45) is 0 Å². The van der Waals surface area contributed by atoms with E-state index in [9.17, 15) is 4.79 Å². The van der Waals surface area contributed by atoms with Gasteiger partial charge in [-0.3, -0.25) is 4.79 Å². The fourth-order valence-electron chi connectivity index (χ4n) is 3.28. The highest BCUT2D eigenvalue weighted by molar-refractivity contribution is 5.76. The molecule has 28 heavy (non-hydrogen) atoms. The molecule has 1 fully saturated rings. The number of ether oxygens (including phenoxy) is 3. The summed E-state index contributed by atoms with van der Waals surface area (Å²) < 4.78 is 16.4. The summed E-state index contributed by atoms with van der Waals surface area (Å²) in [4.78, 5) is 16.6. The molecular weight excluding hydrogens is 356 g/mol. The van der Waals surface area contributed by atoms with Gasteiger partial charge in [0.25, 0.3) is 0 Å². The quantitative estimate of drug-likeness (QED) is 0.700. The highest BCUT2D eigenvalue weighted by atomic mass is 16.5. The van der Waals surface area contributed by atoms with E-state index in [1.54, 1.807) is 12.0 Å². The van der Waals surface area contributed by atoms with Crippen LogP contribution in [-0.4, -0.2) is 57.9 Å². The van der Waals surface area contributed by atoms with Crippen molar-refractivity contribution in [2.75, 3.05) is 52.0 Å². The first kappa shape index (κ1) is 20.0. The number of hydrogen-bond acceptors (Lipinski definition) is 5. The fourth-order valence-corrected chi connectivity index (χ4v) is 3.28. The van der Waals surface area contributed by atoms with E-state index in [0.717, 1.165) is 31.9 Å². The number of morpholine rings is 1. The predicted octanol–water partition coefficient (Wildman–Crippen LogP) is 2.96. The Labute approximate surface area is 166 Å². The minimum Gasteiger partial charge on any atom is -0.493 e. The van der Waals surface area contributed by atoms with Crippen LogP contribution in [0.5, 0.6) is 11.5 Å². The number of para-hydroxylation sites is 3. The predicted molar refractivity (Wildman–Crippen MR) is 109 cm³/mol. The summed E-state index contributed by atoms with van der Waals surface area (Å²) in [5.41, 5.74) is 2.32. The van der Waals surface area contributed by atoms with Crippen molar-refractivity contribution in [3.63, 3.8) is 0 Å². The van der Waals surface area contributed by atoms with Crippen LogP contribution < -0.4 is 14.4 Å². The van der Waals surface area contributed by atoms with Crippen molar-refractivity contribution in [3.8, 4) is 11.5 Å². The minimum atomic E-state index is 0.0479. The van der Waals surface area contributed by atoms with Crippen LogP contribution in [0, 0.1) is 0 Å². The standard InChI is InChI=1S/C22H28N2O4/c1-23(22(25)11-14-28-21-10-6-5-9-20(21)26-2)17-18-7-3-4-8-19(18)24-12-15-27-16-13-24/h3-10H,11-17H2,1-2H3. The molecule has 1 amide bonds. The summed E-state index contributed by atoms with van der Waals surface area (Å²) in [7, 11) is 3.44. The molecule has 0 atom stereocenters. The van der Waals surface area contributed by atoms with Crippen molar-refractivity contribution >= 4 is 11.6 Å². The second-order valence-electron chi connectivity index (χ2n) is 6.73. The number of carbonyl (C=O) groups is 1. The SMILES string of the molecule is COc1ccccc1OCCC(=O)N(C)Cc1ccccc1N1CCOCC1. The number of benzene rings is 2. The maximum absolute atomic E-state index is 12.6. The van der Waals surface area contributed by atoms with Gasteiger partial charge in [-0.2, -0.15) is 0 Å². The van der Waals surface area contributed by atoms with E-state index >= 15 is 0 Å². The second-order valence-corrected chi connectivity index (χ2v) is 6.73. The van der Waals surface area contributed by atoms with Crippen LogP contribution in [-0.2, 0) is 16.1 Å². The first-order valence-corrected chi connectivity index (χ1v) is 9.59. The van der Waals surface area contributed by atoms with Gasteiger partial charge in [-0.15, -0.1) is 0 Å². The highest BCUT2D eigenvalue weighted by Crippen LogP contribution is 2.26. The van der Waals surface area contributed by atoms with Crippen molar-refractivity contribution in [2.45, 2.75) is 13.0 Å². The molecule has 1 aliphatic rings. The molecule has 0 radical (unpaired) electrons. The van der Waals surface area contributed by atoms with E-state index in [1.807, 2.05) is 43.4 Å². The largest absolute Gasteiger partial charge is 0.493 e. The monoisotopic (exact) mass is 384 g/mol. The topological polar surface area (TPSA) is 51.2 Å². The van der Waals surface area contributed by atoms with Crippen molar-refractivity contribution in [1.82, 2.24) is 4.90 Å². The third-order valence-electron chi connectivity index (χ3n) is 4.82. The first-order chi connectivity index (χ1) is 13.7. The molecular formula is C22H28N2O4. The zero-order valence-electron chi connectivity index (χ0n) is 16.6. The Morgan fingerprint density at radius 1 is 1.07 bits per heavy atom. The average molecular weight is 384 g/mol. The van der Waals surface area contributed by atoms with Crippen molar-refractivity contribution < 1.29 is 19.0 Å². The van der Waals surface area contributed by atoms with Gasteiger partial charge in [0, 0.05) is 32.4 Å². The van der Waals surface area contributed by atoms with Crippen LogP contribution in [0.2, 0.25) is 0 Å². The lowest BCUT2D eigenvalue weighted by atomic mass is 10.1. The van der Waals surface area contributed by atoms with Gasteiger partial charge in [-0.25, -0.2) is 0 Å². The lowest BCUT2D eigenvalue weighted by Crippen LogP contribution is -2.37. The number of rotatable bonds is 8. The third kappa shape index (κ3) is 5.16. The van der Waals surface area contributed by atoms with Gasteiger partial charge in [0.05, 0.1) is 33.4 Å². The number of hydrogen-bond donors (Lipinski definition) is 0. The van der Waals surface area contributed by atoms with Gasteiger partial charge in [0.15, 0.2) is 11.5 Å². The Morgan fingerprint density at radius 2 is 1.75 bits per heavy atom. The number of amides is 1. The lowest BCUT2D eigenvalue weighted by molar-refractivity contribution is -0.130. The molecule has 150 valence electrons. The lowest BCUT2D eigenvalue weighted by Gasteiger charge is -2.31. The number of methoxy groups -OCH3 is 1. The number of carbonyl (C=O) groups excluding carboxylic acids is 1. The smallest absolute Gasteiger partial charge is 0.226 e. The Morgan fingerprint density at radius 3 is 2.50 bits per heavy atom. The molecule has 0 bridgehead atoms. The van der Waals surface area contributed by atoms with E-state index in [-0.39, 0.29) is 5.91 Å². The molecule has 1 aliphatic heterocycles. The molecule has 6 heteroatoms. The van der Waals surface area contributed by atoms with E-state index in [0.29, 0.717) is 31.1 Å². The molecule has 1 heterocycles. The summed E-state index contributed by atoms with van der Waals surface area (Å²) in [5.74, 6) is 1.37. The van der Waals surface area contributed by atoms with Gasteiger partial charge >= 0.3 is 0 Å². The van der Waals surface area contributed by atoms with Crippen LogP contribution in [0.25, 0.3) is 0 Å². The van der Waals surface area contributed by atoms with Crippen LogP contribution in [0.4, 0.5) is 5.69 Å². The molecule has 0 N–H and O–H groups in total. The third-order valence-corrected chi connectivity index (χ3v) is 4.82. The Kier molecular flexibility index (Phi) is 7.14. The minimum absolute atomic E-state index is 0.0479. The van der Waals surface area contributed by atoms with Crippen LogP contribution in [0.1, 0.15) is 12.0 Å². The molecule has 0 spiro atoms. The zero-order chi connectivity index (χ0) is 19.8. The molecule has 2 aromatic rings. The van der Waals surface area contributed by atoms with Gasteiger partial charge in [0.2, 0.25) is 5.91 Å². The Balaban J connectivity index is 1.54. The molecule has 0 saturated carbocycles. The summed E-state index contributed by atoms with van der Waals surface area (Å²) >= 11 is 0. The molecule has 2 aromatic carbocycles. The molecule has 6 nitrogen and oxygen atoms in total. The number of nitrogens with zero attached hydrogens (tertiary/aromatic N) is 2. The molecule has 0 unspecified atom stereocenters. The van der Waals surface area contributed by atoms with Gasteiger partial charge in [-0.05, 0) is 23.8 Å². The summed E-state index contributed by atoms with van der Waals surface area (Å²) in [5, 5.41) is 0. The molecule has 0 aromatic heterocycles. The average Bonchev–Trinajstić information content (AvgIpc) is 2.75. The fraction of sp³-hybridized carbons (Fsp3) is 0.409. The van der Waals surface area contributed by atoms with Gasteiger partial charge in [-0.1, -0.05) is 30.3 Å². The van der Waals surface area contributed by atoms with Crippen LogP contribution in [0.15, 0.2) is 48.5 Å². The summed E-state index contributed by atoms with van der Waals surface area (Å²) in [6, 6.07) is 15.7. The maximum Gasteiger partial charge on any atom is 0.226 e. The van der Waals surface area contributed by atoms with Crippen LogP contribution in [0.3, 0.4) is 0 Å². The summed E-state index contributed by atoms with van der Waals surface area (Å²) in [6.45, 7) is 4.12. The Bertz CT molecular complexity index is 775. The Hall–Kier alpha value is -2.73. The molecule has 3 rings (SSSR count). The van der Waals surface area contributed by atoms with E-state index in [1.165, 1.54) is 5.69 Å². The van der Waals surface area contributed by atoms with E-state index < -0.39 is 0 Å². The molecule has 1 saturated heterocycles. The van der Waals surface area contributed by atoms with Crippen LogP contribution >= 0.6 is 0 Å². The van der Waals surface area contributed by atoms with Crippen molar-refractivity contribution in [3.05, 3.63) is 54.1 Å². The van der Waals surface area contributed by atoms with Crippen molar-refractivity contribution in [1.29, 1.82) is 0 Å². The zero-order valence-corrected chi connectivity index (χ0v) is 16.6. The van der Waals surface area contributed by atoms with E-state index in [4.69, 9.17) is 14.2 Å². The van der Waals surface area contributed by atoms with Gasteiger partial charge < -0.3 is 24.0 Å². The number of anilines is 1. The van der Waals surface area contributed by atoms with Gasteiger partial charge in [0.1, 0.15) is 0 Å². The van der Waals surface area contributed by atoms with E-state index in [2.05, 4.69) is 17.0 Å². The first-order valence-electron chi connectivity index (χ1n) is 9.59. The molecule has 0 aliphatic carbocycles.